The van der Waals surface area contributed by atoms with Gasteiger partial charge in [0.05, 0.1) is 16.7 Å². The number of rotatable bonds is 8. The average Bonchev–Trinajstić information content (AvgIpc) is 3.63. The molecular formula is C41H41N3O. The summed E-state index contributed by atoms with van der Waals surface area (Å²) in [6, 6.07) is 34.8. The molecule has 0 saturated heterocycles. The molecule has 0 N–H and O–H groups in total. The van der Waals surface area contributed by atoms with Crippen molar-refractivity contribution in [2.24, 2.45) is 0 Å². The molecule has 7 rings (SSSR count). The summed E-state index contributed by atoms with van der Waals surface area (Å²) in [4.78, 5) is 10.3. The molecule has 0 aliphatic carbocycles. The van der Waals surface area contributed by atoms with E-state index in [0.717, 1.165) is 57.3 Å². The van der Waals surface area contributed by atoms with Crippen molar-refractivity contribution in [3.63, 3.8) is 0 Å². The second-order valence-electron chi connectivity index (χ2n) is 12.9. The molecule has 0 aliphatic heterocycles. The monoisotopic (exact) mass is 591 g/mol. The van der Waals surface area contributed by atoms with Gasteiger partial charge in [0.15, 0.2) is 0 Å². The molecule has 3 heterocycles. The van der Waals surface area contributed by atoms with Crippen molar-refractivity contribution in [3.05, 3.63) is 114 Å². The summed E-state index contributed by atoms with van der Waals surface area (Å²) in [6.45, 7) is 13.6. The lowest BCUT2D eigenvalue weighted by atomic mass is 9.88. The first-order chi connectivity index (χ1) is 21.9. The maximum absolute atomic E-state index is 6.31. The fourth-order valence-electron chi connectivity index (χ4n) is 6.81. The minimum Gasteiger partial charge on any atom is -0.438 e. The molecule has 0 bridgehead atoms. The van der Waals surface area contributed by atoms with Crippen molar-refractivity contribution in [1.82, 2.24) is 14.5 Å². The Morgan fingerprint density at radius 3 is 2.02 bits per heavy atom. The summed E-state index contributed by atoms with van der Waals surface area (Å²) in [7, 11) is 0. The molecule has 0 aliphatic rings. The van der Waals surface area contributed by atoms with E-state index in [9.17, 15) is 0 Å². The fourth-order valence-corrected chi connectivity index (χ4v) is 6.81. The molecule has 0 radical (unpaired) electrons. The SMILES string of the molecule is CCC(CC)c1ccc2c(n1)oc1ccc(-c3nc4ccccc4n3-c3c(C(C)C)cc(-c4ccccc4)cc3C(C)C)cc12. The topological polar surface area (TPSA) is 43.9 Å². The number of furan rings is 1. The van der Waals surface area contributed by atoms with Gasteiger partial charge < -0.3 is 4.42 Å². The summed E-state index contributed by atoms with van der Waals surface area (Å²) >= 11 is 0. The maximum Gasteiger partial charge on any atom is 0.227 e. The number of pyridine rings is 1. The molecule has 0 unspecified atom stereocenters. The summed E-state index contributed by atoms with van der Waals surface area (Å²) < 4.78 is 8.72. The summed E-state index contributed by atoms with van der Waals surface area (Å²) in [6.07, 6.45) is 2.14. The van der Waals surface area contributed by atoms with Crippen molar-refractivity contribution >= 4 is 33.1 Å². The Hall–Kier alpha value is -4.70. The number of imidazole rings is 1. The third-order valence-electron chi connectivity index (χ3n) is 9.32. The number of nitrogens with zero attached hydrogens (tertiary/aromatic N) is 3. The van der Waals surface area contributed by atoms with Gasteiger partial charge in [-0.3, -0.25) is 4.57 Å². The Kier molecular flexibility index (Phi) is 7.53. The van der Waals surface area contributed by atoms with Crippen LogP contribution in [-0.4, -0.2) is 14.5 Å². The lowest BCUT2D eigenvalue weighted by molar-refractivity contribution is 0.608. The second kappa shape index (κ2) is 11.7. The predicted molar refractivity (Wildman–Crippen MR) is 189 cm³/mol. The van der Waals surface area contributed by atoms with Crippen LogP contribution in [0.25, 0.3) is 61.3 Å². The largest absolute Gasteiger partial charge is 0.438 e. The Balaban J connectivity index is 1.48. The normalized spacial score (nSPS) is 12.1. The van der Waals surface area contributed by atoms with Crippen LogP contribution in [0.4, 0.5) is 0 Å². The molecule has 0 amide bonds. The van der Waals surface area contributed by atoms with E-state index < -0.39 is 0 Å². The second-order valence-corrected chi connectivity index (χ2v) is 12.9. The van der Waals surface area contributed by atoms with Gasteiger partial charge in [-0.25, -0.2) is 9.97 Å². The minimum atomic E-state index is 0.311. The zero-order valence-corrected chi connectivity index (χ0v) is 27.1. The number of fused-ring (bicyclic) bond motifs is 4. The molecule has 0 saturated carbocycles. The molecule has 4 nitrogen and oxygen atoms in total. The van der Waals surface area contributed by atoms with E-state index in [1.54, 1.807) is 0 Å². The number of hydrogen-bond donors (Lipinski definition) is 0. The lowest BCUT2D eigenvalue weighted by Gasteiger charge is -2.24. The van der Waals surface area contributed by atoms with Crippen molar-refractivity contribution in [3.8, 4) is 28.2 Å². The highest BCUT2D eigenvalue weighted by atomic mass is 16.3. The van der Waals surface area contributed by atoms with Crippen LogP contribution >= 0.6 is 0 Å². The molecular weight excluding hydrogens is 550 g/mol. The van der Waals surface area contributed by atoms with Crippen LogP contribution in [-0.2, 0) is 0 Å². The molecule has 226 valence electrons. The third kappa shape index (κ3) is 5.03. The van der Waals surface area contributed by atoms with Crippen molar-refractivity contribution in [1.29, 1.82) is 0 Å². The molecule has 45 heavy (non-hydrogen) atoms. The van der Waals surface area contributed by atoms with E-state index in [0.29, 0.717) is 23.5 Å². The minimum absolute atomic E-state index is 0.311. The van der Waals surface area contributed by atoms with Gasteiger partial charge in [0.1, 0.15) is 11.4 Å². The van der Waals surface area contributed by atoms with Gasteiger partial charge in [-0.15, -0.1) is 0 Å². The van der Waals surface area contributed by atoms with Gasteiger partial charge in [-0.05, 0) is 102 Å². The highest BCUT2D eigenvalue weighted by molar-refractivity contribution is 6.05. The summed E-state index contributed by atoms with van der Waals surface area (Å²) in [5.41, 5.74) is 12.2. The van der Waals surface area contributed by atoms with Gasteiger partial charge in [-0.1, -0.05) is 84.0 Å². The van der Waals surface area contributed by atoms with E-state index >= 15 is 0 Å². The molecule has 4 heteroatoms. The Morgan fingerprint density at radius 2 is 1.33 bits per heavy atom. The molecule has 3 aromatic heterocycles. The van der Waals surface area contributed by atoms with Gasteiger partial charge in [0.2, 0.25) is 5.71 Å². The Morgan fingerprint density at radius 1 is 0.644 bits per heavy atom. The predicted octanol–water partition coefficient (Wildman–Crippen LogP) is 11.8. The van der Waals surface area contributed by atoms with Crippen molar-refractivity contribution < 1.29 is 4.42 Å². The van der Waals surface area contributed by atoms with E-state index in [-0.39, 0.29) is 0 Å². The van der Waals surface area contributed by atoms with Crippen LogP contribution in [0.5, 0.6) is 0 Å². The quantitative estimate of drug-likeness (QED) is 0.177. The van der Waals surface area contributed by atoms with Crippen LogP contribution in [0.2, 0.25) is 0 Å². The third-order valence-corrected chi connectivity index (χ3v) is 9.32. The number of aromatic nitrogens is 3. The first-order valence-electron chi connectivity index (χ1n) is 16.4. The van der Waals surface area contributed by atoms with Crippen LogP contribution in [0.3, 0.4) is 0 Å². The Bertz CT molecular complexity index is 2120. The van der Waals surface area contributed by atoms with Crippen molar-refractivity contribution in [2.45, 2.75) is 72.1 Å². The summed E-state index contributed by atoms with van der Waals surface area (Å²) in [5.74, 6) is 2.00. The van der Waals surface area contributed by atoms with Crippen LogP contribution in [0.15, 0.2) is 101 Å². The fraction of sp³-hybridized carbons (Fsp3) is 0.268. The van der Waals surface area contributed by atoms with Gasteiger partial charge in [-0.2, -0.15) is 0 Å². The van der Waals surface area contributed by atoms with Crippen molar-refractivity contribution in [2.75, 3.05) is 0 Å². The molecule has 4 aromatic carbocycles. The lowest BCUT2D eigenvalue weighted by Crippen LogP contribution is -2.09. The van der Waals surface area contributed by atoms with Gasteiger partial charge >= 0.3 is 0 Å². The van der Waals surface area contributed by atoms with E-state index in [1.165, 1.54) is 27.9 Å². The van der Waals surface area contributed by atoms with E-state index in [4.69, 9.17) is 14.4 Å². The van der Waals surface area contributed by atoms with Gasteiger partial charge in [0, 0.05) is 27.9 Å². The molecule has 7 aromatic rings. The maximum atomic E-state index is 6.31. The van der Waals surface area contributed by atoms with Crippen LogP contribution in [0.1, 0.15) is 89.0 Å². The zero-order valence-electron chi connectivity index (χ0n) is 27.1. The standard InChI is InChI=1S/C41H41N3O/c1-7-27(8-2)35-20-19-31-34-22-29(18-21-38(34)45-41(31)43-35)40-42-36-16-12-13-17-37(36)44(40)39-32(25(3)4)23-30(24-33(39)26(5)6)28-14-10-9-11-15-28/h9-27H,7-8H2,1-6H3. The summed E-state index contributed by atoms with van der Waals surface area (Å²) in [5, 5.41) is 2.11. The van der Waals surface area contributed by atoms with E-state index in [1.807, 2.05) is 0 Å². The number of benzene rings is 4. The zero-order chi connectivity index (χ0) is 31.2. The average molecular weight is 592 g/mol. The number of hydrogen-bond acceptors (Lipinski definition) is 3. The molecule has 0 atom stereocenters. The Labute approximate surface area is 265 Å². The molecule has 0 spiro atoms. The van der Waals surface area contributed by atoms with E-state index in [2.05, 4.69) is 143 Å². The number of para-hydroxylation sites is 2. The molecule has 0 fully saturated rings. The van der Waals surface area contributed by atoms with Crippen LogP contribution < -0.4 is 0 Å². The highest BCUT2D eigenvalue weighted by Gasteiger charge is 2.24. The highest BCUT2D eigenvalue weighted by Crippen LogP contribution is 2.41. The van der Waals surface area contributed by atoms with Gasteiger partial charge in [0.25, 0.3) is 0 Å². The first-order valence-corrected chi connectivity index (χ1v) is 16.4. The van der Waals surface area contributed by atoms with Crippen LogP contribution in [0, 0.1) is 0 Å². The smallest absolute Gasteiger partial charge is 0.227 e. The first kappa shape index (κ1) is 29.0.